The monoisotopic (exact) mass is 787 g/mol. The van der Waals surface area contributed by atoms with E-state index in [-0.39, 0.29) is 16.2 Å². The van der Waals surface area contributed by atoms with Gasteiger partial charge in [0.1, 0.15) is 0 Å². The van der Waals surface area contributed by atoms with E-state index < -0.39 is 5.41 Å². The lowest BCUT2D eigenvalue weighted by molar-refractivity contribution is 0.588. The highest BCUT2D eigenvalue weighted by atomic mass is 15.1. The maximum absolute atomic E-state index is 2.58. The number of anilines is 3. The van der Waals surface area contributed by atoms with Crippen molar-refractivity contribution in [3.05, 3.63) is 220 Å². The molecule has 0 fully saturated rings. The first-order valence-electron chi connectivity index (χ1n) is 22.0. The molecule has 0 saturated carbocycles. The summed E-state index contributed by atoms with van der Waals surface area (Å²) in [5.74, 6) is 0. The van der Waals surface area contributed by atoms with Crippen molar-refractivity contribution in [2.75, 3.05) is 4.90 Å². The lowest BCUT2D eigenvalue weighted by Crippen LogP contribution is -2.27. The van der Waals surface area contributed by atoms with Gasteiger partial charge in [-0.3, -0.25) is 0 Å². The van der Waals surface area contributed by atoms with E-state index in [9.17, 15) is 0 Å². The van der Waals surface area contributed by atoms with Crippen molar-refractivity contribution in [2.45, 2.75) is 77.0 Å². The highest BCUT2D eigenvalue weighted by Gasteiger charge is 2.53. The molecule has 1 nitrogen and oxygen atoms in total. The van der Waals surface area contributed by atoms with Crippen LogP contribution in [-0.4, -0.2) is 0 Å². The Morgan fingerprint density at radius 1 is 0.377 bits per heavy atom. The summed E-state index contributed by atoms with van der Waals surface area (Å²) in [6, 6.07) is 67.0. The SMILES string of the molecule is CC(C)(C)c1ccc2c(c1)C1(c3ccccc3-c3ccccc31)c1cc(N(c3ccc4c(c3)C(C)(C)c3ccccc3-4)c3ccccc3-c3ccccc3)cc(C(C)(C)C)c1-2. The summed E-state index contributed by atoms with van der Waals surface area (Å²) in [4.78, 5) is 2.57. The van der Waals surface area contributed by atoms with Gasteiger partial charge in [0.25, 0.3) is 0 Å². The molecule has 61 heavy (non-hydrogen) atoms. The summed E-state index contributed by atoms with van der Waals surface area (Å²) >= 11 is 0. The van der Waals surface area contributed by atoms with Crippen molar-refractivity contribution < 1.29 is 0 Å². The van der Waals surface area contributed by atoms with E-state index in [2.05, 4.69) is 236 Å². The van der Waals surface area contributed by atoms with Crippen LogP contribution in [0.1, 0.15) is 99.9 Å². The summed E-state index contributed by atoms with van der Waals surface area (Å²) in [5, 5.41) is 0. The summed E-state index contributed by atoms with van der Waals surface area (Å²) in [7, 11) is 0. The van der Waals surface area contributed by atoms with Crippen LogP contribution in [0.4, 0.5) is 17.1 Å². The molecular weight excluding hydrogens is 735 g/mol. The topological polar surface area (TPSA) is 3.24 Å². The van der Waals surface area contributed by atoms with Crippen LogP contribution in [0.2, 0.25) is 0 Å². The summed E-state index contributed by atoms with van der Waals surface area (Å²) in [5.41, 5.74) is 24.1. The molecule has 1 heteroatoms. The van der Waals surface area contributed by atoms with Crippen LogP contribution in [0.25, 0.3) is 44.5 Å². The Labute approximate surface area is 362 Å². The first-order valence-corrected chi connectivity index (χ1v) is 22.0. The van der Waals surface area contributed by atoms with Gasteiger partial charge < -0.3 is 4.90 Å². The second-order valence-electron chi connectivity index (χ2n) is 20.1. The average Bonchev–Trinajstić information content (AvgIpc) is 3.81. The normalized spacial score (nSPS) is 14.8. The molecule has 0 heterocycles. The van der Waals surface area contributed by atoms with E-state index in [4.69, 9.17) is 0 Å². The van der Waals surface area contributed by atoms with Gasteiger partial charge in [-0.1, -0.05) is 201 Å². The molecular formula is C60H53N. The number of rotatable bonds is 4. The molecule has 0 aromatic heterocycles. The first kappa shape index (κ1) is 37.6. The lowest BCUT2D eigenvalue weighted by Gasteiger charge is -2.35. The Morgan fingerprint density at radius 3 is 1.54 bits per heavy atom. The minimum Gasteiger partial charge on any atom is -0.310 e. The Hall–Kier alpha value is -6.44. The van der Waals surface area contributed by atoms with Crippen molar-refractivity contribution in [1.82, 2.24) is 0 Å². The molecule has 0 saturated heterocycles. The van der Waals surface area contributed by atoms with Gasteiger partial charge in [-0.15, -0.1) is 0 Å². The van der Waals surface area contributed by atoms with E-state index in [1.54, 1.807) is 0 Å². The highest BCUT2D eigenvalue weighted by Crippen LogP contribution is 2.65. The number of fused-ring (bicyclic) bond motifs is 13. The van der Waals surface area contributed by atoms with Crippen LogP contribution in [-0.2, 0) is 21.7 Å². The molecule has 298 valence electrons. The summed E-state index contributed by atoms with van der Waals surface area (Å²) < 4.78 is 0. The Balaban J connectivity index is 1.26. The van der Waals surface area contributed by atoms with Crippen LogP contribution in [0.5, 0.6) is 0 Å². The predicted octanol–water partition coefficient (Wildman–Crippen LogP) is 16.1. The molecule has 0 N–H and O–H groups in total. The minimum atomic E-state index is -0.499. The van der Waals surface area contributed by atoms with Gasteiger partial charge in [0.2, 0.25) is 0 Å². The van der Waals surface area contributed by atoms with Gasteiger partial charge in [-0.05, 0) is 125 Å². The van der Waals surface area contributed by atoms with Crippen molar-refractivity contribution in [2.24, 2.45) is 0 Å². The molecule has 8 aromatic carbocycles. The van der Waals surface area contributed by atoms with Crippen LogP contribution in [0.15, 0.2) is 176 Å². The summed E-state index contributed by atoms with van der Waals surface area (Å²) in [6.07, 6.45) is 0. The zero-order valence-electron chi connectivity index (χ0n) is 36.7. The van der Waals surface area contributed by atoms with Gasteiger partial charge in [-0.25, -0.2) is 0 Å². The molecule has 11 rings (SSSR count). The number of benzene rings is 8. The van der Waals surface area contributed by atoms with E-state index in [0.717, 1.165) is 11.4 Å². The number of hydrogen-bond donors (Lipinski definition) is 0. The third-order valence-electron chi connectivity index (χ3n) is 14.2. The molecule has 0 atom stereocenters. The van der Waals surface area contributed by atoms with Crippen LogP contribution in [0.3, 0.4) is 0 Å². The van der Waals surface area contributed by atoms with Crippen LogP contribution < -0.4 is 4.90 Å². The molecule has 0 bridgehead atoms. The minimum absolute atomic E-state index is 0.0143. The Morgan fingerprint density at radius 2 is 0.902 bits per heavy atom. The fourth-order valence-electron chi connectivity index (χ4n) is 11.2. The molecule has 3 aliphatic carbocycles. The maximum Gasteiger partial charge on any atom is 0.0726 e. The van der Waals surface area contributed by atoms with Gasteiger partial charge in [-0.2, -0.15) is 0 Å². The predicted molar refractivity (Wildman–Crippen MR) is 258 cm³/mol. The van der Waals surface area contributed by atoms with Crippen molar-refractivity contribution in [1.29, 1.82) is 0 Å². The van der Waals surface area contributed by atoms with Crippen molar-refractivity contribution in [3.8, 4) is 44.5 Å². The highest BCUT2D eigenvalue weighted by molar-refractivity contribution is 5.99. The largest absolute Gasteiger partial charge is 0.310 e. The van der Waals surface area contributed by atoms with Gasteiger partial charge >= 0.3 is 0 Å². The number of nitrogens with zero attached hydrogens (tertiary/aromatic N) is 1. The quantitative estimate of drug-likeness (QED) is 0.172. The Bertz CT molecular complexity index is 3030. The number of hydrogen-bond acceptors (Lipinski definition) is 1. The first-order chi connectivity index (χ1) is 29.3. The molecule has 8 aromatic rings. The maximum atomic E-state index is 2.58. The molecule has 3 aliphatic rings. The molecule has 0 aliphatic heterocycles. The summed E-state index contributed by atoms with van der Waals surface area (Å²) in [6.45, 7) is 19.0. The standard InChI is InChI=1S/C60H53N/c1-57(2,3)39-30-32-47-52(34-39)60(49-27-17-13-24-44(49)45-25-14-18-28-50(45)60)54-37-41(36-53(56(47)54)58(4,5)6)61(55-29-19-15-22-42(55)38-20-10-9-11-21-38)40-31-33-46-43-23-12-16-26-48(43)59(7,8)51(46)35-40/h9-37H,1-8H3. The molecule has 0 radical (unpaired) electrons. The third-order valence-corrected chi connectivity index (χ3v) is 14.2. The lowest BCUT2D eigenvalue weighted by atomic mass is 9.69. The second-order valence-corrected chi connectivity index (χ2v) is 20.1. The third kappa shape index (κ3) is 5.32. The van der Waals surface area contributed by atoms with Crippen LogP contribution in [0, 0.1) is 0 Å². The number of para-hydroxylation sites is 1. The molecule has 0 amide bonds. The average molecular weight is 788 g/mol. The molecule has 0 unspecified atom stereocenters. The van der Waals surface area contributed by atoms with E-state index in [0.29, 0.717) is 0 Å². The van der Waals surface area contributed by atoms with E-state index in [1.165, 1.54) is 94.7 Å². The zero-order valence-corrected chi connectivity index (χ0v) is 36.7. The van der Waals surface area contributed by atoms with Crippen LogP contribution >= 0.6 is 0 Å². The van der Waals surface area contributed by atoms with Crippen molar-refractivity contribution >= 4 is 17.1 Å². The second kappa shape index (κ2) is 13.0. The van der Waals surface area contributed by atoms with E-state index in [1.807, 2.05) is 0 Å². The van der Waals surface area contributed by atoms with Gasteiger partial charge in [0.05, 0.1) is 11.1 Å². The Kier molecular flexibility index (Phi) is 8.02. The fraction of sp³-hybridized carbons (Fsp3) is 0.200. The zero-order chi connectivity index (χ0) is 42.1. The molecule has 1 spiro atoms. The fourth-order valence-corrected chi connectivity index (χ4v) is 11.2. The van der Waals surface area contributed by atoms with E-state index >= 15 is 0 Å². The van der Waals surface area contributed by atoms with Gasteiger partial charge in [0.15, 0.2) is 0 Å². The van der Waals surface area contributed by atoms with Gasteiger partial charge in [0, 0.05) is 22.4 Å². The van der Waals surface area contributed by atoms with Crippen molar-refractivity contribution in [3.63, 3.8) is 0 Å². The smallest absolute Gasteiger partial charge is 0.0726 e.